The summed E-state index contributed by atoms with van der Waals surface area (Å²) < 4.78 is 10.6. The minimum atomic E-state index is -0.0557. The molecule has 21 heavy (non-hydrogen) atoms. The maximum Gasteiger partial charge on any atom is 0.273 e. The van der Waals surface area contributed by atoms with Crippen LogP contribution in [0.4, 0.5) is 0 Å². The molecule has 0 N–H and O–H groups in total. The molecule has 0 saturated carbocycles. The van der Waals surface area contributed by atoms with Crippen LogP contribution >= 0.6 is 0 Å². The quantitative estimate of drug-likeness (QED) is 0.847. The van der Waals surface area contributed by atoms with Gasteiger partial charge in [0, 0.05) is 18.5 Å². The smallest absolute Gasteiger partial charge is 0.273 e. The van der Waals surface area contributed by atoms with Gasteiger partial charge in [0.05, 0.1) is 20.3 Å². The van der Waals surface area contributed by atoms with Crippen molar-refractivity contribution >= 4 is 16.7 Å². The fourth-order valence-electron chi connectivity index (χ4n) is 2.65. The van der Waals surface area contributed by atoms with E-state index in [9.17, 15) is 4.79 Å². The molecular formula is C16H18N2O3. The van der Waals surface area contributed by atoms with Crippen LogP contribution in [0, 0.1) is 6.92 Å². The van der Waals surface area contributed by atoms with Crippen LogP contribution in [0.5, 0.6) is 5.88 Å². The molecule has 1 aromatic heterocycles. The number of rotatable bonds is 2. The maximum absolute atomic E-state index is 12.7. The molecule has 0 radical (unpaired) electrons. The predicted molar refractivity (Wildman–Crippen MR) is 79.8 cm³/mol. The van der Waals surface area contributed by atoms with Crippen LogP contribution in [0.2, 0.25) is 0 Å². The van der Waals surface area contributed by atoms with Gasteiger partial charge in [-0.15, -0.1) is 0 Å². The van der Waals surface area contributed by atoms with E-state index in [4.69, 9.17) is 9.47 Å². The highest BCUT2D eigenvalue weighted by Gasteiger charge is 2.23. The fraction of sp³-hybridized carbons (Fsp3) is 0.375. The average molecular weight is 286 g/mol. The van der Waals surface area contributed by atoms with Crippen molar-refractivity contribution < 1.29 is 14.3 Å². The summed E-state index contributed by atoms with van der Waals surface area (Å²) in [6, 6.07) is 7.84. The molecule has 1 saturated heterocycles. The molecule has 0 bridgehead atoms. The van der Waals surface area contributed by atoms with Crippen molar-refractivity contribution in [3.63, 3.8) is 0 Å². The number of pyridine rings is 1. The summed E-state index contributed by atoms with van der Waals surface area (Å²) in [5, 5.41) is 1.93. The van der Waals surface area contributed by atoms with Crippen LogP contribution in [0.25, 0.3) is 10.8 Å². The molecule has 2 aromatic rings. The number of aryl methyl sites for hydroxylation is 1. The van der Waals surface area contributed by atoms with Gasteiger partial charge in [0.2, 0.25) is 5.88 Å². The molecule has 110 valence electrons. The number of methoxy groups -OCH3 is 1. The second kappa shape index (κ2) is 5.69. The van der Waals surface area contributed by atoms with Crippen LogP contribution in [0.1, 0.15) is 16.1 Å². The molecule has 5 heteroatoms. The number of ether oxygens (including phenoxy) is 2. The highest BCUT2D eigenvalue weighted by molar-refractivity contribution is 6.01. The molecule has 0 aliphatic carbocycles. The SMILES string of the molecule is COc1nc(C(=O)N2CCOCC2)c(C)c2ccccc12. The number of hydrogen-bond acceptors (Lipinski definition) is 4. The van der Waals surface area contributed by atoms with Gasteiger partial charge in [-0.3, -0.25) is 4.79 Å². The molecule has 1 aromatic carbocycles. The van der Waals surface area contributed by atoms with Crippen LogP contribution in [0.15, 0.2) is 24.3 Å². The predicted octanol–water partition coefficient (Wildman–Crippen LogP) is 2.02. The van der Waals surface area contributed by atoms with Crippen molar-refractivity contribution in [2.45, 2.75) is 6.92 Å². The Morgan fingerprint density at radius 1 is 1.24 bits per heavy atom. The summed E-state index contributed by atoms with van der Waals surface area (Å²) >= 11 is 0. The summed E-state index contributed by atoms with van der Waals surface area (Å²) in [5.74, 6) is 0.438. The lowest BCUT2D eigenvalue weighted by Crippen LogP contribution is -2.41. The zero-order chi connectivity index (χ0) is 14.8. The first-order valence-electron chi connectivity index (χ1n) is 7.02. The molecular weight excluding hydrogens is 268 g/mol. The second-order valence-corrected chi connectivity index (χ2v) is 5.04. The molecule has 0 atom stereocenters. The van der Waals surface area contributed by atoms with Gasteiger partial charge in [-0.25, -0.2) is 4.98 Å². The number of hydrogen-bond donors (Lipinski definition) is 0. The number of fused-ring (bicyclic) bond motifs is 1. The molecule has 5 nitrogen and oxygen atoms in total. The molecule has 2 heterocycles. The monoisotopic (exact) mass is 286 g/mol. The van der Waals surface area contributed by atoms with E-state index in [0.29, 0.717) is 37.9 Å². The Hall–Kier alpha value is -2.14. The molecule has 1 aliphatic heterocycles. The number of morpholine rings is 1. The number of amides is 1. The van der Waals surface area contributed by atoms with Crippen molar-refractivity contribution in [2.75, 3.05) is 33.4 Å². The molecule has 3 rings (SSSR count). The van der Waals surface area contributed by atoms with E-state index in [1.54, 1.807) is 12.0 Å². The topological polar surface area (TPSA) is 51.7 Å². The van der Waals surface area contributed by atoms with Gasteiger partial charge in [-0.2, -0.15) is 0 Å². The van der Waals surface area contributed by atoms with Crippen LogP contribution in [-0.2, 0) is 4.74 Å². The first kappa shape index (κ1) is 13.8. The van der Waals surface area contributed by atoms with Crippen molar-refractivity contribution in [3.8, 4) is 5.88 Å². The molecule has 1 aliphatic rings. The largest absolute Gasteiger partial charge is 0.481 e. The number of nitrogens with zero attached hydrogens (tertiary/aromatic N) is 2. The number of carbonyl (C=O) groups excluding carboxylic acids is 1. The summed E-state index contributed by atoms with van der Waals surface area (Å²) in [6.45, 7) is 4.30. The first-order chi connectivity index (χ1) is 10.2. The molecule has 0 spiro atoms. The number of carbonyl (C=O) groups is 1. The first-order valence-corrected chi connectivity index (χ1v) is 7.02. The third kappa shape index (κ3) is 2.45. The molecule has 1 amide bonds. The lowest BCUT2D eigenvalue weighted by atomic mass is 10.0. The number of benzene rings is 1. The highest BCUT2D eigenvalue weighted by atomic mass is 16.5. The Balaban J connectivity index is 2.09. The number of aromatic nitrogens is 1. The van der Waals surface area contributed by atoms with Crippen molar-refractivity contribution in [1.29, 1.82) is 0 Å². The highest BCUT2D eigenvalue weighted by Crippen LogP contribution is 2.28. The summed E-state index contributed by atoms with van der Waals surface area (Å²) in [6.07, 6.45) is 0. The van der Waals surface area contributed by atoms with Gasteiger partial charge in [-0.1, -0.05) is 18.2 Å². The summed E-state index contributed by atoms with van der Waals surface area (Å²) in [7, 11) is 1.58. The van der Waals surface area contributed by atoms with E-state index >= 15 is 0 Å². The zero-order valence-electron chi connectivity index (χ0n) is 12.3. The Morgan fingerprint density at radius 3 is 2.57 bits per heavy atom. The van der Waals surface area contributed by atoms with Gasteiger partial charge in [0.1, 0.15) is 5.69 Å². The van der Waals surface area contributed by atoms with E-state index in [0.717, 1.165) is 16.3 Å². The Morgan fingerprint density at radius 2 is 1.90 bits per heavy atom. The van der Waals surface area contributed by atoms with E-state index in [1.807, 2.05) is 31.2 Å². The normalized spacial score (nSPS) is 15.2. The third-order valence-electron chi connectivity index (χ3n) is 3.82. The summed E-state index contributed by atoms with van der Waals surface area (Å²) in [5.41, 5.74) is 1.36. The van der Waals surface area contributed by atoms with Crippen LogP contribution in [-0.4, -0.2) is 49.2 Å². The van der Waals surface area contributed by atoms with Crippen molar-refractivity contribution in [3.05, 3.63) is 35.5 Å². The Labute approximate surface area is 123 Å². The third-order valence-corrected chi connectivity index (χ3v) is 3.82. The van der Waals surface area contributed by atoms with Gasteiger partial charge >= 0.3 is 0 Å². The fourth-order valence-corrected chi connectivity index (χ4v) is 2.65. The zero-order valence-corrected chi connectivity index (χ0v) is 12.3. The maximum atomic E-state index is 12.7. The minimum absolute atomic E-state index is 0.0557. The Kier molecular flexibility index (Phi) is 3.75. The van der Waals surface area contributed by atoms with Crippen LogP contribution < -0.4 is 4.74 Å². The molecule has 1 fully saturated rings. The van der Waals surface area contributed by atoms with Gasteiger partial charge in [0.25, 0.3) is 5.91 Å². The molecule has 0 unspecified atom stereocenters. The minimum Gasteiger partial charge on any atom is -0.481 e. The van der Waals surface area contributed by atoms with Crippen molar-refractivity contribution in [2.24, 2.45) is 0 Å². The second-order valence-electron chi connectivity index (χ2n) is 5.04. The van der Waals surface area contributed by atoms with Crippen molar-refractivity contribution in [1.82, 2.24) is 9.88 Å². The van der Waals surface area contributed by atoms with Crippen LogP contribution in [0.3, 0.4) is 0 Å². The average Bonchev–Trinajstić information content (AvgIpc) is 2.56. The van der Waals surface area contributed by atoms with E-state index < -0.39 is 0 Å². The van der Waals surface area contributed by atoms with E-state index in [-0.39, 0.29) is 5.91 Å². The van der Waals surface area contributed by atoms with Gasteiger partial charge in [0.15, 0.2) is 0 Å². The Bertz CT molecular complexity index is 679. The summed E-state index contributed by atoms with van der Waals surface area (Å²) in [4.78, 5) is 18.9. The van der Waals surface area contributed by atoms with E-state index in [1.165, 1.54) is 0 Å². The van der Waals surface area contributed by atoms with E-state index in [2.05, 4.69) is 4.98 Å². The van der Waals surface area contributed by atoms with Gasteiger partial charge in [-0.05, 0) is 23.9 Å². The van der Waals surface area contributed by atoms with Gasteiger partial charge < -0.3 is 14.4 Å². The standard InChI is InChI=1S/C16H18N2O3/c1-11-12-5-3-4-6-13(12)15(20-2)17-14(11)16(19)18-7-9-21-10-8-18/h3-6H,7-10H2,1-2H3. The lowest BCUT2D eigenvalue weighted by Gasteiger charge is -2.27. The lowest BCUT2D eigenvalue weighted by molar-refractivity contribution is 0.0298.